The molecule has 0 aliphatic rings. The average Bonchev–Trinajstić information content (AvgIpc) is 3.31. The summed E-state index contributed by atoms with van der Waals surface area (Å²) in [5.41, 5.74) is 13.5. The van der Waals surface area contributed by atoms with Crippen molar-refractivity contribution in [2.24, 2.45) is 0 Å². The summed E-state index contributed by atoms with van der Waals surface area (Å²) in [7, 11) is 0. The minimum atomic E-state index is 0. The van der Waals surface area contributed by atoms with Crippen molar-refractivity contribution in [1.82, 2.24) is 0 Å². The van der Waals surface area contributed by atoms with Crippen molar-refractivity contribution in [3.63, 3.8) is 0 Å². The number of benzene rings is 2. The first-order valence-corrected chi connectivity index (χ1v) is 19.8. The smallest absolute Gasteiger partial charge is 0.0308 e. The molecular weight excluding hydrogens is 623 g/mol. The Hall–Kier alpha value is -0.660. The number of aryl methyl sites for hydroxylation is 6. The van der Waals surface area contributed by atoms with Gasteiger partial charge in [-0.1, -0.05) is 92.5 Å². The zero-order chi connectivity index (χ0) is 29.1. The van der Waals surface area contributed by atoms with Crippen LogP contribution in [0.2, 0.25) is 11.1 Å². The van der Waals surface area contributed by atoms with Crippen LogP contribution in [0.1, 0.15) is 112 Å². The minimum Gasteiger partial charge on any atom is -1.00 e. The fourth-order valence-corrected chi connectivity index (χ4v) is 6.70. The Morgan fingerprint density at radius 2 is 0.850 bits per heavy atom. The fraction of sp³-hybridized carbons (Fsp3) is 0.500. The van der Waals surface area contributed by atoms with Gasteiger partial charge in [-0.05, 0) is 11.8 Å². The maximum absolute atomic E-state index is 2.35. The number of fused-ring (bicyclic) bond motifs is 2. The Kier molecular flexibility index (Phi) is 16.6. The molecule has 0 heterocycles. The van der Waals surface area contributed by atoms with E-state index in [0.717, 1.165) is 11.1 Å². The van der Waals surface area contributed by atoms with E-state index in [-0.39, 0.29) is 30.2 Å². The van der Waals surface area contributed by atoms with E-state index in [1.54, 1.807) is 23.3 Å². The molecule has 0 atom stereocenters. The van der Waals surface area contributed by atoms with Crippen LogP contribution >= 0.6 is 0 Å². The number of hydrogen-bond donors (Lipinski definition) is 0. The molecule has 0 radical (unpaired) electrons. The second-order valence-electron chi connectivity index (χ2n) is 12.5. The summed E-state index contributed by atoms with van der Waals surface area (Å²) >= 11 is 1.80. The van der Waals surface area contributed by atoms with E-state index in [1.807, 2.05) is 0 Å². The van der Waals surface area contributed by atoms with Crippen LogP contribution in [-0.4, -0.2) is 5.43 Å². The Labute approximate surface area is 274 Å². The second-order valence-corrected chi connectivity index (χ2v) is 20.0. The summed E-state index contributed by atoms with van der Waals surface area (Å²) in [6.07, 6.45) is 0. The van der Waals surface area contributed by atoms with E-state index >= 15 is 0 Å². The molecule has 4 rings (SSSR count). The molecular formula is C36H52Cl2SiZr-2. The topological polar surface area (TPSA) is 0 Å². The molecule has 0 aromatic heterocycles. The van der Waals surface area contributed by atoms with Gasteiger partial charge in [-0.15, -0.1) is 68.1 Å². The van der Waals surface area contributed by atoms with Crippen LogP contribution in [0.3, 0.4) is 0 Å². The van der Waals surface area contributed by atoms with Crippen molar-refractivity contribution < 1.29 is 48.1 Å². The molecule has 0 bridgehead atoms. The Morgan fingerprint density at radius 3 is 1.07 bits per heavy atom. The van der Waals surface area contributed by atoms with E-state index in [2.05, 4.69) is 133 Å². The summed E-state index contributed by atoms with van der Waals surface area (Å²) in [4.78, 5) is 0. The maximum Gasteiger partial charge on any atom is -0.0308 e. The van der Waals surface area contributed by atoms with Gasteiger partial charge in [-0.25, -0.2) is 0 Å². The third-order valence-corrected chi connectivity index (χ3v) is 19.1. The van der Waals surface area contributed by atoms with E-state index in [9.17, 15) is 0 Å². The first-order chi connectivity index (χ1) is 17.6. The zero-order valence-corrected chi connectivity index (χ0v) is 32.5. The summed E-state index contributed by atoms with van der Waals surface area (Å²) in [6, 6.07) is 13.7. The SMILES string of the molecule is CC(C)[Si](=[Zr+2])C(C)C.Cc1[cH-]c2c(C)ccc(C(C)C)c2c1C.Cc1[cH-]c2c(C)ccc(C(C)C)c2c1C.[Cl-].[Cl-]. The van der Waals surface area contributed by atoms with Crippen LogP contribution in [0.25, 0.3) is 21.5 Å². The third-order valence-electron chi connectivity index (χ3n) is 8.13. The van der Waals surface area contributed by atoms with Crippen LogP contribution in [0.15, 0.2) is 36.4 Å². The van der Waals surface area contributed by atoms with Gasteiger partial charge in [0.1, 0.15) is 0 Å². The molecule has 220 valence electrons. The van der Waals surface area contributed by atoms with Gasteiger partial charge in [-0.3, -0.25) is 0 Å². The van der Waals surface area contributed by atoms with Gasteiger partial charge in [0.05, 0.1) is 0 Å². The predicted molar refractivity (Wildman–Crippen MR) is 172 cm³/mol. The Bertz CT molecular complexity index is 1290. The molecule has 4 heteroatoms. The van der Waals surface area contributed by atoms with E-state index in [1.165, 1.54) is 66.1 Å². The van der Waals surface area contributed by atoms with Crippen LogP contribution in [-0.2, 0) is 23.3 Å². The third kappa shape index (κ3) is 9.17. The summed E-state index contributed by atoms with van der Waals surface area (Å²) < 4.78 is 0. The van der Waals surface area contributed by atoms with Crippen molar-refractivity contribution in [2.75, 3.05) is 0 Å². The molecule has 0 saturated carbocycles. The van der Waals surface area contributed by atoms with Crippen LogP contribution < -0.4 is 24.8 Å². The van der Waals surface area contributed by atoms with Crippen molar-refractivity contribution in [3.8, 4) is 0 Å². The average molecular weight is 675 g/mol. The molecule has 0 amide bonds. The number of halogens is 2. The van der Waals surface area contributed by atoms with Crippen molar-refractivity contribution in [2.45, 2.75) is 120 Å². The standard InChI is InChI=1S/2C15H19.C6H14Si.2ClH.Zr/c2*1-9(2)13-7-6-10(3)14-8-11(4)12(5)15(13)14;1-5(2)7-6(3)4;;;/h2*6-9H,1-5H3;5-6H,1-4H3;2*1H;/q2*-1;;;;+2/p-2. The molecule has 0 spiro atoms. The van der Waals surface area contributed by atoms with Gasteiger partial charge < -0.3 is 24.8 Å². The van der Waals surface area contributed by atoms with Crippen LogP contribution in [0.5, 0.6) is 0 Å². The van der Waals surface area contributed by atoms with E-state index in [0.29, 0.717) is 11.8 Å². The normalized spacial score (nSPS) is 10.9. The number of hydrogen-bond acceptors (Lipinski definition) is 0. The van der Waals surface area contributed by atoms with Gasteiger partial charge >= 0.3 is 67.5 Å². The van der Waals surface area contributed by atoms with Crippen LogP contribution in [0.4, 0.5) is 0 Å². The summed E-state index contributed by atoms with van der Waals surface area (Å²) in [5, 5.41) is 5.86. The Morgan fingerprint density at radius 1 is 0.550 bits per heavy atom. The zero-order valence-electron chi connectivity index (χ0n) is 27.5. The van der Waals surface area contributed by atoms with Crippen molar-refractivity contribution in [3.05, 3.63) is 80.9 Å². The molecule has 40 heavy (non-hydrogen) atoms. The van der Waals surface area contributed by atoms with E-state index < -0.39 is 0 Å². The van der Waals surface area contributed by atoms with Gasteiger partial charge in [-0.2, -0.15) is 11.1 Å². The second kappa shape index (κ2) is 16.8. The van der Waals surface area contributed by atoms with Gasteiger partial charge in [0, 0.05) is 0 Å². The van der Waals surface area contributed by atoms with E-state index in [4.69, 9.17) is 0 Å². The summed E-state index contributed by atoms with van der Waals surface area (Å²) in [5.74, 6) is 1.21. The minimum absolute atomic E-state index is 0. The van der Waals surface area contributed by atoms with Gasteiger partial charge in [0.2, 0.25) is 0 Å². The predicted octanol–water partition coefficient (Wildman–Crippen LogP) is 5.57. The summed E-state index contributed by atoms with van der Waals surface area (Å²) in [6.45, 7) is 31.8. The molecule has 0 fully saturated rings. The molecule has 0 saturated heterocycles. The number of rotatable bonds is 4. The quantitative estimate of drug-likeness (QED) is 0.196. The molecule has 0 aliphatic carbocycles. The molecule has 0 unspecified atom stereocenters. The molecule has 4 aromatic carbocycles. The monoisotopic (exact) mass is 672 g/mol. The van der Waals surface area contributed by atoms with Crippen molar-refractivity contribution >= 4 is 27.0 Å². The Balaban J connectivity index is 0.000000585. The largest absolute Gasteiger partial charge is 1.00 e. The van der Waals surface area contributed by atoms with Gasteiger partial charge in [0.25, 0.3) is 0 Å². The molecule has 0 nitrogen and oxygen atoms in total. The van der Waals surface area contributed by atoms with Crippen LogP contribution in [0, 0.1) is 41.5 Å². The fourth-order valence-electron chi connectivity index (χ4n) is 5.36. The molecule has 0 N–H and O–H groups in total. The maximum atomic E-state index is 2.35. The molecule has 4 aromatic rings. The molecule has 0 aliphatic heterocycles. The van der Waals surface area contributed by atoms with Gasteiger partial charge in [0.15, 0.2) is 0 Å². The van der Waals surface area contributed by atoms with Crippen molar-refractivity contribution in [1.29, 1.82) is 0 Å². The first kappa shape index (κ1) is 39.3. The first-order valence-electron chi connectivity index (χ1n) is 14.5.